The molecule has 0 radical (unpaired) electrons. The third-order valence-electron chi connectivity index (χ3n) is 6.63. The van der Waals surface area contributed by atoms with Crippen molar-refractivity contribution >= 4 is 29.9 Å². The van der Waals surface area contributed by atoms with Gasteiger partial charge in [-0.25, -0.2) is 0 Å². The van der Waals surface area contributed by atoms with Crippen LogP contribution in [0.15, 0.2) is 35.3 Å². The lowest BCUT2D eigenvalue weighted by Crippen LogP contribution is -2.53. The van der Waals surface area contributed by atoms with Gasteiger partial charge in [-0.2, -0.15) is 0 Å². The molecule has 3 saturated heterocycles. The van der Waals surface area contributed by atoms with Crippen LogP contribution in [0, 0.1) is 0 Å². The third-order valence-corrected chi connectivity index (χ3v) is 6.63. The van der Waals surface area contributed by atoms with Crippen molar-refractivity contribution in [1.82, 2.24) is 20.0 Å². The lowest BCUT2D eigenvalue weighted by Gasteiger charge is -2.37. The van der Waals surface area contributed by atoms with E-state index in [4.69, 9.17) is 9.47 Å². The predicted molar refractivity (Wildman–Crippen MR) is 140 cm³/mol. The van der Waals surface area contributed by atoms with Crippen molar-refractivity contribution in [1.29, 1.82) is 0 Å². The summed E-state index contributed by atoms with van der Waals surface area (Å²) in [5, 5.41) is 3.57. The Morgan fingerprint density at radius 1 is 1.00 bits per heavy atom. The maximum Gasteiger partial charge on any atom is 0.193 e. The number of guanidine groups is 1. The number of halogens is 1. The minimum atomic E-state index is 0. The Hall–Kier alpha value is -0.940. The van der Waals surface area contributed by atoms with Crippen molar-refractivity contribution < 1.29 is 9.47 Å². The number of hydrogen-bond acceptors (Lipinski definition) is 5. The molecule has 8 heteroatoms. The van der Waals surface area contributed by atoms with Gasteiger partial charge < -0.3 is 24.6 Å². The lowest BCUT2D eigenvalue weighted by molar-refractivity contribution is -0.0816. The molecule has 32 heavy (non-hydrogen) atoms. The van der Waals surface area contributed by atoms with Gasteiger partial charge in [0.25, 0.3) is 0 Å². The number of rotatable bonds is 7. The van der Waals surface area contributed by atoms with Crippen LogP contribution in [0.2, 0.25) is 0 Å². The summed E-state index contributed by atoms with van der Waals surface area (Å²) >= 11 is 0. The zero-order valence-electron chi connectivity index (χ0n) is 19.5. The second kappa shape index (κ2) is 13.7. The minimum absolute atomic E-state index is 0. The van der Waals surface area contributed by atoms with Crippen molar-refractivity contribution in [3.63, 3.8) is 0 Å². The fourth-order valence-corrected chi connectivity index (χ4v) is 4.84. The summed E-state index contributed by atoms with van der Waals surface area (Å²) < 4.78 is 11.8. The Labute approximate surface area is 210 Å². The Kier molecular flexibility index (Phi) is 11.0. The molecule has 2 atom stereocenters. The highest BCUT2D eigenvalue weighted by atomic mass is 127. The van der Waals surface area contributed by atoms with Crippen LogP contribution >= 0.6 is 24.0 Å². The SMILES string of the molecule is CN=C(NCCCN1CCN(Cc2ccccc2)CC1)N1CCOC(C2CCCO2)C1.I. The molecular weight excluding hydrogens is 517 g/mol. The number of ether oxygens (including phenoxy) is 2. The molecular formula is C24H40IN5O2. The van der Waals surface area contributed by atoms with Crippen molar-refractivity contribution in [2.75, 3.05) is 72.6 Å². The first kappa shape index (κ1) is 25.7. The number of nitrogens with one attached hydrogen (secondary N) is 1. The average molecular weight is 558 g/mol. The van der Waals surface area contributed by atoms with Crippen molar-refractivity contribution in [3.8, 4) is 0 Å². The average Bonchev–Trinajstić information content (AvgIpc) is 3.36. The maximum atomic E-state index is 5.98. The molecule has 0 amide bonds. The highest BCUT2D eigenvalue weighted by Gasteiger charge is 2.32. The molecule has 0 bridgehead atoms. The number of hydrogen-bond donors (Lipinski definition) is 1. The van der Waals surface area contributed by atoms with E-state index in [0.717, 1.165) is 97.3 Å². The Morgan fingerprint density at radius 3 is 2.47 bits per heavy atom. The number of benzene rings is 1. The Balaban J connectivity index is 0.00000289. The van der Waals surface area contributed by atoms with Crippen LogP contribution in [0.25, 0.3) is 0 Å². The van der Waals surface area contributed by atoms with Gasteiger partial charge in [-0.15, -0.1) is 24.0 Å². The van der Waals surface area contributed by atoms with Crippen LogP contribution < -0.4 is 5.32 Å². The van der Waals surface area contributed by atoms with Crippen LogP contribution in [0.3, 0.4) is 0 Å². The fourth-order valence-electron chi connectivity index (χ4n) is 4.84. The van der Waals surface area contributed by atoms with Gasteiger partial charge >= 0.3 is 0 Å². The maximum absolute atomic E-state index is 5.98. The van der Waals surface area contributed by atoms with Crippen molar-refractivity contribution in [2.24, 2.45) is 4.99 Å². The molecule has 1 N–H and O–H groups in total. The van der Waals surface area contributed by atoms with Crippen LogP contribution in [-0.2, 0) is 16.0 Å². The summed E-state index contributed by atoms with van der Waals surface area (Å²) in [4.78, 5) is 12.0. The fraction of sp³-hybridized carbons (Fsp3) is 0.708. The van der Waals surface area contributed by atoms with E-state index in [9.17, 15) is 0 Å². The molecule has 0 spiro atoms. The van der Waals surface area contributed by atoms with Crippen LogP contribution in [0.5, 0.6) is 0 Å². The van der Waals surface area contributed by atoms with Gasteiger partial charge in [-0.1, -0.05) is 30.3 Å². The first-order chi connectivity index (χ1) is 15.3. The summed E-state index contributed by atoms with van der Waals surface area (Å²) in [6.45, 7) is 11.2. The molecule has 3 heterocycles. The van der Waals surface area contributed by atoms with Gasteiger partial charge in [0.2, 0.25) is 0 Å². The summed E-state index contributed by atoms with van der Waals surface area (Å²) in [6.07, 6.45) is 3.82. The Morgan fingerprint density at radius 2 is 1.75 bits per heavy atom. The van der Waals surface area contributed by atoms with Crippen molar-refractivity contribution in [2.45, 2.75) is 38.0 Å². The summed E-state index contributed by atoms with van der Waals surface area (Å²) in [5.74, 6) is 0.999. The molecule has 2 unspecified atom stereocenters. The molecule has 1 aromatic rings. The number of aliphatic imine (C=N–C) groups is 1. The van der Waals surface area contributed by atoms with Gasteiger partial charge in [-0.3, -0.25) is 9.89 Å². The van der Waals surface area contributed by atoms with E-state index >= 15 is 0 Å². The zero-order chi connectivity index (χ0) is 21.3. The largest absolute Gasteiger partial charge is 0.375 e. The van der Waals surface area contributed by atoms with E-state index < -0.39 is 0 Å². The Bertz CT molecular complexity index is 678. The van der Waals surface area contributed by atoms with E-state index in [1.54, 1.807) is 0 Å². The first-order valence-corrected chi connectivity index (χ1v) is 12.0. The van der Waals surface area contributed by atoms with E-state index in [-0.39, 0.29) is 36.2 Å². The molecule has 0 aromatic heterocycles. The lowest BCUT2D eigenvalue weighted by atomic mass is 10.1. The third kappa shape index (κ3) is 7.55. The second-order valence-corrected chi connectivity index (χ2v) is 8.84. The first-order valence-electron chi connectivity index (χ1n) is 12.0. The minimum Gasteiger partial charge on any atom is -0.375 e. The molecule has 3 aliphatic heterocycles. The molecule has 1 aromatic carbocycles. The number of morpholine rings is 1. The molecule has 3 fully saturated rings. The van der Waals surface area contributed by atoms with Crippen LogP contribution in [-0.4, -0.2) is 105 Å². The van der Waals surface area contributed by atoms with Gasteiger partial charge in [0.15, 0.2) is 5.96 Å². The molecule has 4 rings (SSSR count). The molecule has 180 valence electrons. The van der Waals surface area contributed by atoms with Crippen LogP contribution in [0.1, 0.15) is 24.8 Å². The summed E-state index contributed by atoms with van der Waals surface area (Å²) in [6, 6.07) is 10.8. The van der Waals surface area contributed by atoms with Gasteiger partial charge in [0, 0.05) is 66.0 Å². The van der Waals surface area contributed by atoms with Crippen molar-refractivity contribution in [3.05, 3.63) is 35.9 Å². The van der Waals surface area contributed by atoms with E-state index in [1.165, 1.54) is 5.56 Å². The molecule has 7 nitrogen and oxygen atoms in total. The van der Waals surface area contributed by atoms with E-state index in [1.807, 2.05) is 7.05 Å². The van der Waals surface area contributed by atoms with Gasteiger partial charge in [0.1, 0.15) is 6.10 Å². The summed E-state index contributed by atoms with van der Waals surface area (Å²) in [5.41, 5.74) is 1.41. The van der Waals surface area contributed by atoms with Gasteiger partial charge in [0.05, 0.1) is 12.7 Å². The number of piperazine rings is 1. The quantitative estimate of drug-likeness (QED) is 0.241. The predicted octanol–water partition coefficient (Wildman–Crippen LogP) is 2.27. The van der Waals surface area contributed by atoms with E-state index in [2.05, 4.69) is 55.3 Å². The highest BCUT2D eigenvalue weighted by molar-refractivity contribution is 14.0. The standard InChI is InChI=1S/C24H39N5O2.HI/c1-25-24(29-16-18-31-23(20-29)22-9-5-17-30-22)26-10-6-11-27-12-14-28(15-13-27)19-21-7-3-2-4-8-21;/h2-4,7-8,22-23H,5-6,9-20H2,1H3,(H,25,26);1H. The topological polar surface area (TPSA) is 52.6 Å². The summed E-state index contributed by atoms with van der Waals surface area (Å²) in [7, 11) is 1.88. The molecule has 0 saturated carbocycles. The van der Waals surface area contributed by atoms with Gasteiger partial charge in [-0.05, 0) is 31.4 Å². The zero-order valence-corrected chi connectivity index (χ0v) is 21.8. The highest BCUT2D eigenvalue weighted by Crippen LogP contribution is 2.21. The molecule has 0 aliphatic carbocycles. The van der Waals surface area contributed by atoms with E-state index in [0.29, 0.717) is 0 Å². The number of nitrogens with zero attached hydrogens (tertiary/aromatic N) is 4. The van der Waals surface area contributed by atoms with Crippen LogP contribution in [0.4, 0.5) is 0 Å². The monoisotopic (exact) mass is 557 g/mol. The normalized spacial score (nSPS) is 25.5. The molecule has 3 aliphatic rings. The smallest absolute Gasteiger partial charge is 0.193 e. The second-order valence-electron chi connectivity index (χ2n) is 8.84.